The van der Waals surface area contributed by atoms with Crippen LogP contribution in [0.25, 0.3) is 44.0 Å². The molecule has 0 atom stereocenters. The van der Waals surface area contributed by atoms with Gasteiger partial charge in [-0.05, 0) is 59.9 Å². The van der Waals surface area contributed by atoms with Gasteiger partial charge in [-0.15, -0.1) is 0 Å². The topological polar surface area (TPSA) is 17.0 Å². The zero-order valence-electron chi connectivity index (χ0n) is 17.5. The van der Waals surface area contributed by atoms with Crippen LogP contribution in [0.1, 0.15) is 25.0 Å². The number of pyridine rings is 1. The van der Waals surface area contributed by atoms with E-state index in [2.05, 4.69) is 99.2 Å². The maximum absolute atomic E-state index is 6.38. The molecule has 144 valence electrons. The van der Waals surface area contributed by atoms with Crippen LogP contribution in [0.5, 0.6) is 0 Å². The maximum atomic E-state index is 6.38. The van der Waals surface area contributed by atoms with Gasteiger partial charge in [0.2, 0.25) is 5.69 Å². The standard InChI is InChI=1S/C27H26NO/c1-17(2)13-19-11-12-28(4)25(14-19)22-9-10-23-24-15-20-7-5-6-8-21(20)16-26(24)29-27(23)18(22)3/h5-12,14-17H,13H2,1-4H3/q+1. The predicted molar refractivity (Wildman–Crippen MR) is 121 cm³/mol. The van der Waals surface area contributed by atoms with Crippen molar-refractivity contribution in [2.45, 2.75) is 27.2 Å². The first-order chi connectivity index (χ1) is 14.0. The first-order valence-electron chi connectivity index (χ1n) is 10.3. The highest BCUT2D eigenvalue weighted by atomic mass is 16.3. The van der Waals surface area contributed by atoms with Gasteiger partial charge in [0, 0.05) is 28.5 Å². The molecule has 3 aromatic carbocycles. The van der Waals surface area contributed by atoms with Crippen LogP contribution >= 0.6 is 0 Å². The smallest absolute Gasteiger partial charge is 0.212 e. The van der Waals surface area contributed by atoms with Gasteiger partial charge in [0.15, 0.2) is 6.20 Å². The molecule has 0 N–H and O–H groups in total. The zero-order chi connectivity index (χ0) is 20.1. The molecule has 2 heterocycles. The quantitative estimate of drug-likeness (QED) is 0.317. The van der Waals surface area contributed by atoms with E-state index in [9.17, 15) is 0 Å². The molecule has 0 aliphatic rings. The van der Waals surface area contributed by atoms with Gasteiger partial charge in [-0.1, -0.05) is 38.1 Å². The van der Waals surface area contributed by atoms with Gasteiger partial charge in [-0.3, -0.25) is 0 Å². The van der Waals surface area contributed by atoms with Crippen molar-refractivity contribution in [1.29, 1.82) is 0 Å². The average molecular weight is 381 g/mol. The summed E-state index contributed by atoms with van der Waals surface area (Å²) in [6, 6.07) is 21.9. The number of hydrogen-bond donors (Lipinski definition) is 0. The summed E-state index contributed by atoms with van der Waals surface area (Å²) in [6.45, 7) is 6.71. The van der Waals surface area contributed by atoms with Gasteiger partial charge in [0.05, 0.1) is 5.56 Å². The maximum Gasteiger partial charge on any atom is 0.212 e. The van der Waals surface area contributed by atoms with Crippen molar-refractivity contribution in [1.82, 2.24) is 0 Å². The monoisotopic (exact) mass is 380 g/mol. The van der Waals surface area contributed by atoms with Crippen molar-refractivity contribution in [2.75, 3.05) is 0 Å². The minimum absolute atomic E-state index is 0.642. The Balaban J connectivity index is 1.73. The summed E-state index contributed by atoms with van der Waals surface area (Å²) < 4.78 is 8.58. The second-order valence-corrected chi connectivity index (χ2v) is 8.54. The van der Waals surface area contributed by atoms with Crippen LogP contribution < -0.4 is 4.57 Å². The number of hydrogen-bond acceptors (Lipinski definition) is 1. The molecule has 0 saturated carbocycles. The number of rotatable bonds is 3. The molecule has 0 saturated heterocycles. The molecule has 0 unspecified atom stereocenters. The molecule has 2 heteroatoms. The average Bonchev–Trinajstić information content (AvgIpc) is 3.06. The van der Waals surface area contributed by atoms with Gasteiger partial charge in [0.1, 0.15) is 18.2 Å². The first kappa shape index (κ1) is 17.9. The van der Waals surface area contributed by atoms with Crippen LogP contribution in [0.4, 0.5) is 0 Å². The van der Waals surface area contributed by atoms with Crippen LogP contribution in [0.2, 0.25) is 0 Å². The van der Waals surface area contributed by atoms with E-state index < -0.39 is 0 Å². The summed E-state index contributed by atoms with van der Waals surface area (Å²) in [4.78, 5) is 0. The van der Waals surface area contributed by atoms with Crippen LogP contribution in [-0.4, -0.2) is 0 Å². The summed E-state index contributed by atoms with van der Waals surface area (Å²) in [7, 11) is 2.11. The third-order valence-electron chi connectivity index (χ3n) is 5.89. The fourth-order valence-electron chi connectivity index (χ4n) is 4.42. The molecule has 0 aliphatic carbocycles. The highest BCUT2D eigenvalue weighted by Crippen LogP contribution is 2.37. The highest BCUT2D eigenvalue weighted by molar-refractivity contribution is 6.11. The van der Waals surface area contributed by atoms with Crippen molar-refractivity contribution < 1.29 is 8.98 Å². The molecule has 5 rings (SSSR count). The Morgan fingerprint density at radius 2 is 1.66 bits per heavy atom. The lowest BCUT2D eigenvalue weighted by molar-refractivity contribution is -0.660. The fraction of sp³-hybridized carbons (Fsp3) is 0.222. The Kier molecular flexibility index (Phi) is 4.16. The van der Waals surface area contributed by atoms with Gasteiger partial charge in [-0.2, -0.15) is 0 Å². The van der Waals surface area contributed by atoms with Crippen molar-refractivity contribution in [2.24, 2.45) is 13.0 Å². The number of aromatic nitrogens is 1. The largest absolute Gasteiger partial charge is 0.456 e. The Morgan fingerprint density at radius 1 is 0.897 bits per heavy atom. The fourth-order valence-corrected chi connectivity index (χ4v) is 4.42. The molecule has 2 nitrogen and oxygen atoms in total. The number of furan rings is 1. The van der Waals surface area contributed by atoms with E-state index in [-0.39, 0.29) is 0 Å². The first-order valence-corrected chi connectivity index (χ1v) is 10.3. The Labute approximate surface area is 171 Å². The van der Waals surface area contributed by atoms with E-state index in [1.54, 1.807) is 0 Å². The second-order valence-electron chi connectivity index (χ2n) is 8.54. The van der Waals surface area contributed by atoms with Crippen molar-refractivity contribution in [3.05, 3.63) is 78.0 Å². The minimum Gasteiger partial charge on any atom is -0.456 e. The number of fused-ring (bicyclic) bond motifs is 4. The number of nitrogens with zero attached hydrogens (tertiary/aromatic N) is 1. The van der Waals surface area contributed by atoms with E-state index in [4.69, 9.17) is 4.42 Å². The Bertz CT molecular complexity index is 1370. The highest BCUT2D eigenvalue weighted by Gasteiger charge is 2.19. The van der Waals surface area contributed by atoms with Gasteiger partial charge in [0.25, 0.3) is 0 Å². The molecule has 0 aliphatic heterocycles. The number of benzene rings is 3. The van der Waals surface area contributed by atoms with Gasteiger partial charge < -0.3 is 4.42 Å². The molecule has 0 radical (unpaired) electrons. The summed E-state index contributed by atoms with van der Waals surface area (Å²) in [5.74, 6) is 0.642. The molecular weight excluding hydrogens is 354 g/mol. The zero-order valence-corrected chi connectivity index (χ0v) is 17.5. The Morgan fingerprint density at radius 3 is 2.41 bits per heavy atom. The lowest BCUT2D eigenvalue weighted by Crippen LogP contribution is -2.30. The van der Waals surface area contributed by atoms with E-state index in [0.717, 1.165) is 17.6 Å². The Hall–Kier alpha value is -3.13. The predicted octanol–water partition coefficient (Wildman–Crippen LogP) is 6.74. The summed E-state index contributed by atoms with van der Waals surface area (Å²) in [5.41, 5.74) is 6.98. The van der Waals surface area contributed by atoms with Crippen LogP contribution in [0, 0.1) is 12.8 Å². The molecule has 5 aromatic rings. The molecule has 2 aromatic heterocycles. The van der Waals surface area contributed by atoms with E-state index in [0.29, 0.717) is 5.92 Å². The summed E-state index contributed by atoms with van der Waals surface area (Å²) in [6.07, 6.45) is 3.26. The van der Waals surface area contributed by atoms with Crippen molar-refractivity contribution in [3.8, 4) is 11.3 Å². The van der Waals surface area contributed by atoms with Crippen LogP contribution in [0.15, 0.2) is 71.3 Å². The molecule has 0 amide bonds. The molecular formula is C27H26NO+. The molecule has 0 spiro atoms. The van der Waals surface area contributed by atoms with Crippen molar-refractivity contribution in [3.63, 3.8) is 0 Å². The van der Waals surface area contributed by atoms with E-state index >= 15 is 0 Å². The van der Waals surface area contributed by atoms with Crippen molar-refractivity contribution >= 4 is 32.7 Å². The van der Waals surface area contributed by atoms with E-state index in [1.165, 1.54) is 43.9 Å². The second kappa shape index (κ2) is 6.73. The summed E-state index contributed by atoms with van der Waals surface area (Å²) in [5, 5.41) is 4.83. The molecule has 0 fully saturated rings. The van der Waals surface area contributed by atoms with Crippen LogP contribution in [-0.2, 0) is 13.5 Å². The number of aryl methyl sites for hydroxylation is 2. The third-order valence-corrected chi connectivity index (χ3v) is 5.89. The SMILES string of the molecule is Cc1c(-c2cc(CC(C)C)cc[n+]2C)ccc2c1oc1cc3ccccc3cc12. The normalized spacial score (nSPS) is 11.9. The van der Waals surface area contributed by atoms with Gasteiger partial charge in [-0.25, -0.2) is 4.57 Å². The lowest BCUT2D eigenvalue weighted by Gasteiger charge is -2.08. The molecule has 0 bridgehead atoms. The summed E-state index contributed by atoms with van der Waals surface area (Å²) >= 11 is 0. The van der Waals surface area contributed by atoms with E-state index in [1.807, 2.05) is 0 Å². The third kappa shape index (κ3) is 3.00. The lowest BCUT2D eigenvalue weighted by atomic mass is 9.97. The van der Waals surface area contributed by atoms with Gasteiger partial charge >= 0.3 is 0 Å². The minimum atomic E-state index is 0.642. The molecule has 29 heavy (non-hydrogen) atoms. The van der Waals surface area contributed by atoms with Crippen LogP contribution in [0.3, 0.4) is 0 Å².